The molecule has 2 rings (SSSR count). The standard InChI is InChI=1S/C15H22N2O4S/c1-9-6-17(7-10(2)21-9)8-13(18)16-14-12(15(19)20-4)5-11(3)22-14/h5,9-10H,6-8H2,1-4H3,(H,16,18)/t9-,10+. The van der Waals surface area contributed by atoms with Crippen molar-refractivity contribution in [1.29, 1.82) is 0 Å². The molecule has 6 nitrogen and oxygen atoms in total. The molecule has 1 aromatic rings. The summed E-state index contributed by atoms with van der Waals surface area (Å²) in [5, 5.41) is 3.36. The highest BCUT2D eigenvalue weighted by Crippen LogP contribution is 2.28. The van der Waals surface area contributed by atoms with Crippen molar-refractivity contribution in [3.05, 3.63) is 16.5 Å². The van der Waals surface area contributed by atoms with Crippen molar-refractivity contribution in [2.45, 2.75) is 33.0 Å². The average molecular weight is 326 g/mol. The predicted molar refractivity (Wildman–Crippen MR) is 85.5 cm³/mol. The fourth-order valence-corrected chi connectivity index (χ4v) is 3.57. The molecule has 1 amide bonds. The molecular weight excluding hydrogens is 304 g/mol. The molecular formula is C15H22N2O4S. The van der Waals surface area contributed by atoms with Crippen molar-refractivity contribution in [2.75, 3.05) is 32.1 Å². The minimum absolute atomic E-state index is 0.117. The molecule has 0 spiro atoms. The van der Waals surface area contributed by atoms with Crippen LogP contribution in [0.5, 0.6) is 0 Å². The number of aryl methyl sites for hydroxylation is 1. The number of rotatable bonds is 4. The maximum atomic E-state index is 12.2. The second-order valence-electron chi connectivity index (χ2n) is 5.59. The zero-order chi connectivity index (χ0) is 16.3. The quantitative estimate of drug-likeness (QED) is 0.856. The van der Waals surface area contributed by atoms with Gasteiger partial charge in [0.2, 0.25) is 5.91 Å². The number of carbonyl (C=O) groups excluding carboxylic acids is 2. The summed E-state index contributed by atoms with van der Waals surface area (Å²) in [7, 11) is 1.33. The van der Waals surface area contributed by atoms with E-state index in [4.69, 9.17) is 9.47 Å². The molecule has 7 heteroatoms. The fourth-order valence-electron chi connectivity index (χ4n) is 2.65. The number of ether oxygens (including phenoxy) is 2. The number of thiophene rings is 1. The van der Waals surface area contributed by atoms with E-state index < -0.39 is 5.97 Å². The van der Waals surface area contributed by atoms with Crippen LogP contribution in [0.3, 0.4) is 0 Å². The Hall–Kier alpha value is -1.44. The molecule has 0 bridgehead atoms. The molecule has 1 fully saturated rings. The molecule has 0 radical (unpaired) electrons. The third-order valence-electron chi connectivity index (χ3n) is 3.38. The van der Waals surface area contributed by atoms with Crippen molar-refractivity contribution in [2.24, 2.45) is 0 Å². The van der Waals surface area contributed by atoms with Gasteiger partial charge in [-0.1, -0.05) is 0 Å². The average Bonchev–Trinajstić information content (AvgIpc) is 2.77. The third-order valence-corrected chi connectivity index (χ3v) is 4.34. The van der Waals surface area contributed by atoms with Crippen molar-refractivity contribution < 1.29 is 19.1 Å². The molecule has 2 atom stereocenters. The summed E-state index contributed by atoms with van der Waals surface area (Å²) in [4.78, 5) is 26.9. The zero-order valence-corrected chi connectivity index (χ0v) is 14.2. The van der Waals surface area contributed by atoms with Crippen molar-refractivity contribution in [3.8, 4) is 0 Å². The van der Waals surface area contributed by atoms with Gasteiger partial charge >= 0.3 is 5.97 Å². The number of nitrogens with zero attached hydrogens (tertiary/aromatic N) is 1. The first kappa shape index (κ1) is 16.9. The van der Waals surface area contributed by atoms with Crippen LogP contribution in [0.15, 0.2) is 6.07 Å². The summed E-state index contributed by atoms with van der Waals surface area (Å²) in [6.07, 6.45) is 0.234. The lowest BCUT2D eigenvalue weighted by Crippen LogP contribution is -2.48. The molecule has 1 saturated heterocycles. The lowest BCUT2D eigenvalue weighted by Gasteiger charge is -2.34. The first-order valence-corrected chi connectivity index (χ1v) is 8.07. The number of methoxy groups -OCH3 is 1. The maximum absolute atomic E-state index is 12.2. The summed E-state index contributed by atoms with van der Waals surface area (Å²) in [5.74, 6) is -0.568. The largest absolute Gasteiger partial charge is 0.465 e. The zero-order valence-electron chi connectivity index (χ0n) is 13.3. The number of anilines is 1. The summed E-state index contributed by atoms with van der Waals surface area (Å²) in [6, 6.07) is 1.73. The Bertz CT molecular complexity index is 548. The van der Waals surface area contributed by atoms with Gasteiger partial charge < -0.3 is 14.8 Å². The first-order chi connectivity index (χ1) is 10.4. The van der Waals surface area contributed by atoms with Gasteiger partial charge in [-0.15, -0.1) is 11.3 Å². The van der Waals surface area contributed by atoms with E-state index in [2.05, 4.69) is 10.2 Å². The second-order valence-corrected chi connectivity index (χ2v) is 6.85. The summed E-state index contributed by atoms with van der Waals surface area (Å²) in [6.45, 7) is 7.63. The minimum atomic E-state index is -0.437. The number of amides is 1. The first-order valence-electron chi connectivity index (χ1n) is 7.25. The number of esters is 1. The van der Waals surface area contributed by atoms with Crippen LogP contribution in [0.2, 0.25) is 0 Å². The minimum Gasteiger partial charge on any atom is -0.465 e. The predicted octanol–water partition coefficient (Wildman–Crippen LogP) is 1.89. The number of hydrogen-bond acceptors (Lipinski definition) is 6. The van der Waals surface area contributed by atoms with Gasteiger partial charge in [0.25, 0.3) is 0 Å². The van der Waals surface area contributed by atoms with Crippen LogP contribution in [-0.2, 0) is 14.3 Å². The Morgan fingerprint density at radius 3 is 2.64 bits per heavy atom. The highest BCUT2D eigenvalue weighted by atomic mass is 32.1. The SMILES string of the molecule is COC(=O)c1cc(C)sc1NC(=O)CN1C[C@@H](C)O[C@@H](C)C1. The molecule has 1 aliphatic heterocycles. The molecule has 0 unspecified atom stereocenters. The number of carbonyl (C=O) groups is 2. The Kier molecular flexibility index (Phi) is 5.55. The van der Waals surface area contributed by atoms with Gasteiger partial charge in [0, 0.05) is 18.0 Å². The van der Waals surface area contributed by atoms with Crippen LogP contribution >= 0.6 is 11.3 Å². The van der Waals surface area contributed by atoms with E-state index in [9.17, 15) is 9.59 Å². The molecule has 1 aromatic heterocycles. The normalized spacial score (nSPS) is 22.4. The van der Waals surface area contributed by atoms with Crippen LogP contribution < -0.4 is 5.32 Å². The highest BCUT2D eigenvalue weighted by molar-refractivity contribution is 7.16. The Labute approximate surface area is 134 Å². The van der Waals surface area contributed by atoms with Crippen LogP contribution in [0, 0.1) is 6.92 Å². The van der Waals surface area contributed by atoms with Crippen molar-refractivity contribution >= 4 is 28.2 Å². The molecule has 0 aromatic carbocycles. The molecule has 0 saturated carbocycles. The summed E-state index contributed by atoms with van der Waals surface area (Å²) in [5.41, 5.74) is 0.405. The van der Waals surface area contributed by atoms with E-state index in [1.165, 1.54) is 18.4 Å². The van der Waals surface area contributed by atoms with E-state index in [1.807, 2.05) is 20.8 Å². The Balaban J connectivity index is 1.99. The topological polar surface area (TPSA) is 67.9 Å². The van der Waals surface area contributed by atoms with Gasteiger partial charge in [-0.25, -0.2) is 4.79 Å². The fraction of sp³-hybridized carbons (Fsp3) is 0.600. The Morgan fingerprint density at radius 2 is 2.05 bits per heavy atom. The van der Waals surface area contributed by atoms with E-state index in [0.29, 0.717) is 10.6 Å². The number of morpholine rings is 1. The van der Waals surface area contributed by atoms with Gasteiger partial charge in [0.15, 0.2) is 0 Å². The van der Waals surface area contributed by atoms with Gasteiger partial charge in [0.05, 0.1) is 31.4 Å². The molecule has 2 heterocycles. The highest BCUT2D eigenvalue weighted by Gasteiger charge is 2.24. The summed E-state index contributed by atoms with van der Waals surface area (Å²) < 4.78 is 10.4. The van der Waals surface area contributed by atoms with E-state index in [1.54, 1.807) is 6.07 Å². The summed E-state index contributed by atoms with van der Waals surface area (Å²) >= 11 is 1.37. The van der Waals surface area contributed by atoms with Crippen LogP contribution in [0.25, 0.3) is 0 Å². The smallest absolute Gasteiger partial charge is 0.340 e. The van der Waals surface area contributed by atoms with Crippen LogP contribution in [-0.4, -0.2) is 55.7 Å². The molecule has 0 aliphatic carbocycles. The van der Waals surface area contributed by atoms with E-state index in [-0.39, 0.29) is 24.7 Å². The van der Waals surface area contributed by atoms with Crippen molar-refractivity contribution in [1.82, 2.24) is 4.90 Å². The van der Waals surface area contributed by atoms with E-state index in [0.717, 1.165) is 18.0 Å². The maximum Gasteiger partial charge on any atom is 0.340 e. The van der Waals surface area contributed by atoms with Crippen molar-refractivity contribution in [3.63, 3.8) is 0 Å². The number of nitrogens with one attached hydrogen (secondary N) is 1. The lowest BCUT2D eigenvalue weighted by molar-refractivity contribution is -0.121. The molecule has 122 valence electrons. The van der Waals surface area contributed by atoms with Crippen LogP contribution in [0.4, 0.5) is 5.00 Å². The third kappa shape index (κ3) is 4.28. The monoisotopic (exact) mass is 326 g/mol. The van der Waals surface area contributed by atoms with E-state index >= 15 is 0 Å². The van der Waals surface area contributed by atoms with Gasteiger partial charge in [0.1, 0.15) is 5.00 Å². The number of hydrogen-bond donors (Lipinski definition) is 1. The molecule has 1 N–H and O–H groups in total. The lowest BCUT2D eigenvalue weighted by atomic mass is 10.2. The van der Waals surface area contributed by atoms with Crippen LogP contribution in [0.1, 0.15) is 29.1 Å². The Morgan fingerprint density at radius 1 is 1.41 bits per heavy atom. The van der Waals surface area contributed by atoms with Gasteiger partial charge in [-0.3, -0.25) is 9.69 Å². The second kappa shape index (κ2) is 7.21. The van der Waals surface area contributed by atoms with Gasteiger partial charge in [-0.05, 0) is 26.8 Å². The van der Waals surface area contributed by atoms with Gasteiger partial charge in [-0.2, -0.15) is 0 Å². The molecule has 22 heavy (non-hydrogen) atoms. The molecule has 1 aliphatic rings.